The maximum atomic E-state index is 12.1. The Bertz CT molecular complexity index is 257. The maximum Gasteiger partial charge on any atom is 0.317 e. The SMILES string of the molecule is CCN(C(=O)NC1CCC1)C1CCC(N)CC1. The fourth-order valence-electron chi connectivity index (χ4n) is 2.79. The molecule has 17 heavy (non-hydrogen) atoms. The van der Waals surface area contributed by atoms with Gasteiger partial charge >= 0.3 is 6.03 Å². The predicted octanol–water partition coefficient (Wildman–Crippen LogP) is 1.84. The van der Waals surface area contributed by atoms with Gasteiger partial charge in [0.15, 0.2) is 0 Å². The molecular weight excluding hydrogens is 214 g/mol. The molecule has 0 heterocycles. The third kappa shape index (κ3) is 3.12. The Labute approximate surface area is 104 Å². The first-order valence-corrected chi connectivity index (χ1v) is 7.03. The zero-order valence-corrected chi connectivity index (χ0v) is 10.8. The fourth-order valence-corrected chi connectivity index (χ4v) is 2.79. The van der Waals surface area contributed by atoms with Gasteiger partial charge in [0.25, 0.3) is 0 Å². The maximum absolute atomic E-state index is 12.1. The molecule has 0 aromatic heterocycles. The molecule has 0 saturated heterocycles. The molecule has 2 saturated carbocycles. The van der Waals surface area contributed by atoms with Crippen LogP contribution in [0, 0.1) is 0 Å². The number of hydrogen-bond donors (Lipinski definition) is 2. The summed E-state index contributed by atoms with van der Waals surface area (Å²) >= 11 is 0. The molecule has 2 aliphatic carbocycles. The monoisotopic (exact) mass is 239 g/mol. The van der Waals surface area contributed by atoms with Crippen LogP contribution in [0.25, 0.3) is 0 Å². The van der Waals surface area contributed by atoms with Crippen molar-refractivity contribution in [3.8, 4) is 0 Å². The van der Waals surface area contributed by atoms with E-state index < -0.39 is 0 Å². The van der Waals surface area contributed by atoms with E-state index in [2.05, 4.69) is 12.2 Å². The van der Waals surface area contributed by atoms with Crippen LogP contribution in [-0.2, 0) is 0 Å². The highest BCUT2D eigenvalue weighted by molar-refractivity contribution is 5.75. The Balaban J connectivity index is 1.83. The average Bonchev–Trinajstić information content (AvgIpc) is 2.27. The van der Waals surface area contributed by atoms with Gasteiger partial charge in [-0.15, -0.1) is 0 Å². The molecule has 2 amide bonds. The summed E-state index contributed by atoms with van der Waals surface area (Å²) < 4.78 is 0. The predicted molar refractivity (Wildman–Crippen MR) is 68.8 cm³/mol. The van der Waals surface area contributed by atoms with Crippen LogP contribution >= 0.6 is 0 Å². The Morgan fingerprint density at radius 1 is 1.24 bits per heavy atom. The number of nitrogens with zero attached hydrogens (tertiary/aromatic N) is 1. The molecule has 0 aliphatic heterocycles. The second-order valence-electron chi connectivity index (χ2n) is 5.43. The quantitative estimate of drug-likeness (QED) is 0.789. The molecule has 2 rings (SSSR count). The van der Waals surface area contributed by atoms with E-state index in [0.717, 1.165) is 45.1 Å². The van der Waals surface area contributed by atoms with Crippen LogP contribution in [0.2, 0.25) is 0 Å². The minimum Gasteiger partial charge on any atom is -0.335 e. The smallest absolute Gasteiger partial charge is 0.317 e. The van der Waals surface area contributed by atoms with Gasteiger partial charge in [-0.25, -0.2) is 4.79 Å². The van der Waals surface area contributed by atoms with Gasteiger partial charge in [0, 0.05) is 24.7 Å². The average molecular weight is 239 g/mol. The fraction of sp³-hybridized carbons (Fsp3) is 0.923. The summed E-state index contributed by atoms with van der Waals surface area (Å²) in [6.07, 6.45) is 7.79. The van der Waals surface area contributed by atoms with Crippen molar-refractivity contribution in [2.45, 2.75) is 70.0 Å². The third-order valence-electron chi connectivity index (χ3n) is 4.22. The molecule has 98 valence electrons. The summed E-state index contributed by atoms with van der Waals surface area (Å²) in [6.45, 7) is 2.87. The molecule has 4 heteroatoms. The normalized spacial score (nSPS) is 29.5. The number of hydrogen-bond acceptors (Lipinski definition) is 2. The molecule has 2 fully saturated rings. The number of urea groups is 1. The summed E-state index contributed by atoms with van der Waals surface area (Å²) in [6, 6.07) is 1.32. The summed E-state index contributed by atoms with van der Waals surface area (Å²) in [4.78, 5) is 14.1. The van der Waals surface area contributed by atoms with Crippen LogP contribution in [0.4, 0.5) is 4.79 Å². The summed E-state index contributed by atoms with van der Waals surface area (Å²) in [7, 11) is 0. The lowest BCUT2D eigenvalue weighted by molar-refractivity contribution is 0.148. The van der Waals surface area contributed by atoms with Crippen molar-refractivity contribution in [1.82, 2.24) is 10.2 Å². The first-order chi connectivity index (χ1) is 8.20. The summed E-state index contributed by atoms with van der Waals surface area (Å²) in [5, 5.41) is 3.13. The lowest BCUT2D eigenvalue weighted by Gasteiger charge is -2.37. The van der Waals surface area contributed by atoms with Gasteiger partial charge in [-0.2, -0.15) is 0 Å². The van der Waals surface area contributed by atoms with E-state index in [1.165, 1.54) is 6.42 Å². The standard InChI is InChI=1S/C13H25N3O/c1-2-16(12-8-6-10(14)7-9-12)13(17)15-11-4-3-5-11/h10-12H,2-9,14H2,1H3,(H,15,17). The van der Waals surface area contributed by atoms with Crippen LogP contribution < -0.4 is 11.1 Å². The molecule has 0 spiro atoms. The van der Waals surface area contributed by atoms with Crippen molar-refractivity contribution in [2.24, 2.45) is 5.73 Å². The van der Waals surface area contributed by atoms with E-state index in [1.807, 2.05) is 4.90 Å². The van der Waals surface area contributed by atoms with Gasteiger partial charge in [0.2, 0.25) is 0 Å². The number of carbonyl (C=O) groups excluding carboxylic acids is 1. The van der Waals surface area contributed by atoms with Gasteiger partial charge in [0.05, 0.1) is 0 Å². The Morgan fingerprint density at radius 3 is 2.35 bits per heavy atom. The first-order valence-electron chi connectivity index (χ1n) is 7.03. The molecular formula is C13H25N3O. The Kier molecular flexibility index (Phi) is 4.26. The van der Waals surface area contributed by atoms with E-state index in [4.69, 9.17) is 5.73 Å². The molecule has 0 radical (unpaired) electrons. The lowest BCUT2D eigenvalue weighted by Crippen LogP contribution is -2.52. The van der Waals surface area contributed by atoms with E-state index in [9.17, 15) is 4.79 Å². The van der Waals surface area contributed by atoms with Crippen LogP contribution in [0.3, 0.4) is 0 Å². The van der Waals surface area contributed by atoms with Gasteiger partial charge in [0.1, 0.15) is 0 Å². The second kappa shape index (κ2) is 5.71. The molecule has 0 aromatic rings. The van der Waals surface area contributed by atoms with Crippen molar-refractivity contribution >= 4 is 6.03 Å². The number of rotatable bonds is 3. The Hall–Kier alpha value is -0.770. The second-order valence-corrected chi connectivity index (χ2v) is 5.43. The third-order valence-corrected chi connectivity index (χ3v) is 4.22. The van der Waals surface area contributed by atoms with Gasteiger partial charge in [-0.3, -0.25) is 0 Å². The van der Waals surface area contributed by atoms with E-state index in [-0.39, 0.29) is 6.03 Å². The van der Waals surface area contributed by atoms with Crippen molar-refractivity contribution in [2.75, 3.05) is 6.54 Å². The van der Waals surface area contributed by atoms with Crippen molar-refractivity contribution < 1.29 is 4.79 Å². The summed E-state index contributed by atoms with van der Waals surface area (Å²) in [5.74, 6) is 0. The molecule has 0 atom stereocenters. The zero-order chi connectivity index (χ0) is 12.3. The van der Waals surface area contributed by atoms with Gasteiger partial charge in [-0.1, -0.05) is 0 Å². The lowest BCUT2D eigenvalue weighted by atomic mass is 9.90. The number of carbonyl (C=O) groups is 1. The highest BCUT2D eigenvalue weighted by Gasteiger charge is 2.28. The van der Waals surface area contributed by atoms with Crippen LogP contribution in [0.15, 0.2) is 0 Å². The number of nitrogens with one attached hydrogen (secondary N) is 1. The molecule has 0 unspecified atom stereocenters. The number of amides is 2. The minimum absolute atomic E-state index is 0.137. The van der Waals surface area contributed by atoms with E-state index >= 15 is 0 Å². The van der Waals surface area contributed by atoms with Crippen molar-refractivity contribution in [3.63, 3.8) is 0 Å². The molecule has 4 nitrogen and oxygen atoms in total. The summed E-state index contributed by atoms with van der Waals surface area (Å²) in [5.41, 5.74) is 5.91. The topological polar surface area (TPSA) is 58.4 Å². The zero-order valence-electron chi connectivity index (χ0n) is 10.8. The highest BCUT2D eigenvalue weighted by Crippen LogP contribution is 2.23. The van der Waals surface area contributed by atoms with Gasteiger partial charge in [-0.05, 0) is 51.9 Å². The highest BCUT2D eigenvalue weighted by atomic mass is 16.2. The van der Waals surface area contributed by atoms with Gasteiger partial charge < -0.3 is 16.0 Å². The van der Waals surface area contributed by atoms with E-state index in [0.29, 0.717) is 18.1 Å². The molecule has 3 N–H and O–H groups in total. The van der Waals surface area contributed by atoms with Crippen molar-refractivity contribution in [1.29, 1.82) is 0 Å². The minimum atomic E-state index is 0.137. The molecule has 2 aliphatic rings. The van der Waals surface area contributed by atoms with Crippen LogP contribution in [-0.4, -0.2) is 35.6 Å². The van der Waals surface area contributed by atoms with Crippen molar-refractivity contribution in [3.05, 3.63) is 0 Å². The number of nitrogens with two attached hydrogens (primary N) is 1. The largest absolute Gasteiger partial charge is 0.335 e. The molecule has 0 aromatic carbocycles. The van der Waals surface area contributed by atoms with E-state index in [1.54, 1.807) is 0 Å². The Morgan fingerprint density at radius 2 is 1.88 bits per heavy atom. The molecule has 0 bridgehead atoms. The van der Waals surface area contributed by atoms with Crippen LogP contribution in [0.1, 0.15) is 51.9 Å². The first kappa shape index (κ1) is 12.7. The van der Waals surface area contributed by atoms with Crippen LogP contribution in [0.5, 0.6) is 0 Å².